The van der Waals surface area contributed by atoms with Crippen molar-refractivity contribution in [2.24, 2.45) is 0 Å². The fraction of sp³-hybridized carbons (Fsp3) is 0.182. The van der Waals surface area contributed by atoms with Crippen LogP contribution in [0.5, 0.6) is 11.5 Å². The van der Waals surface area contributed by atoms with E-state index < -0.39 is 0 Å². The van der Waals surface area contributed by atoms with Crippen molar-refractivity contribution in [3.05, 3.63) is 58.9 Å². The van der Waals surface area contributed by atoms with Gasteiger partial charge in [0.1, 0.15) is 22.7 Å². The minimum absolute atomic E-state index is 0.250. The summed E-state index contributed by atoms with van der Waals surface area (Å²) in [4.78, 5) is 22.5. The number of rotatable bonds is 4. The fourth-order valence-electron chi connectivity index (χ4n) is 3.50. The minimum Gasteiger partial charge on any atom is -0.497 e. The molecule has 0 amide bonds. The average Bonchev–Trinajstić information content (AvgIpc) is 2.71. The Morgan fingerprint density at radius 2 is 1.71 bits per heavy atom. The summed E-state index contributed by atoms with van der Waals surface area (Å²) in [5.74, 6) is 1.53. The molecule has 0 aliphatic rings. The molecule has 0 atom stereocenters. The second-order valence-corrected chi connectivity index (χ2v) is 6.71. The largest absolute Gasteiger partial charge is 0.497 e. The number of anilines is 1. The van der Waals surface area contributed by atoms with Crippen molar-refractivity contribution in [1.29, 1.82) is 0 Å². The van der Waals surface area contributed by atoms with Crippen molar-refractivity contribution in [3.8, 4) is 22.9 Å². The summed E-state index contributed by atoms with van der Waals surface area (Å²) in [7, 11) is 7.11. The summed E-state index contributed by atoms with van der Waals surface area (Å²) in [6, 6.07) is 15.5. The number of ether oxygens (including phenoxy) is 2. The molecule has 0 aliphatic carbocycles. The van der Waals surface area contributed by atoms with Gasteiger partial charge in [0.05, 0.1) is 19.7 Å². The first-order valence-electron chi connectivity index (χ1n) is 8.89. The van der Waals surface area contributed by atoms with Gasteiger partial charge in [0.15, 0.2) is 0 Å². The Hall–Kier alpha value is -3.54. The van der Waals surface area contributed by atoms with Gasteiger partial charge in [-0.05, 0) is 17.5 Å². The van der Waals surface area contributed by atoms with E-state index in [4.69, 9.17) is 14.5 Å². The van der Waals surface area contributed by atoms with Crippen LogP contribution in [-0.2, 0) is 0 Å². The number of aromatic nitrogens is 2. The molecular formula is C22H21N3O3. The first kappa shape index (κ1) is 17.9. The summed E-state index contributed by atoms with van der Waals surface area (Å²) < 4.78 is 10.7. The maximum absolute atomic E-state index is 12.8. The predicted octanol–water partition coefficient (Wildman–Crippen LogP) is 3.83. The molecule has 1 heterocycles. The smallest absolute Gasteiger partial charge is 0.262 e. The zero-order valence-electron chi connectivity index (χ0n) is 16.2. The lowest BCUT2D eigenvalue weighted by molar-refractivity contribution is 0.397. The number of benzene rings is 3. The number of H-pyrrole nitrogens is 1. The molecule has 6 heteroatoms. The Labute approximate surface area is 162 Å². The SMILES string of the molecule is COc1cc(OC)c2c(=O)[nH]c(-c3ccc(N(C)C)c4ccccc34)nc2c1. The van der Waals surface area contributed by atoms with Gasteiger partial charge in [-0.15, -0.1) is 0 Å². The number of fused-ring (bicyclic) bond motifs is 2. The lowest BCUT2D eigenvalue weighted by Gasteiger charge is -2.17. The maximum Gasteiger partial charge on any atom is 0.262 e. The van der Waals surface area contributed by atoms with Crippen LogP contribution in [-0.4, -0.2) is 38.3 Å². The van der Waals surface area contributed by atoms with Crippen molar-refractivity contribution < 1.29 is 9.47 Å². The van der Waals surface area contributed by atoms with Crippen molar-refractivity contribution >= 4 is 27.4 Å². The molecule has 0 saturated heterocycles. The molecule has 4 rings (SSSR count). The van der Waals surface area contributed by atoms with Gasteiger partial charge in [-0.3, -0.25) is 4.79 Å². The Morgan fingerprint density at radius 1 is 0.964 bits per heavy atom. The summed E-state index contributed by atoms with van der Waals surface area (Å²) >= 11 is 0. The molecule has 1 aromatic heterocycles. The first-order valence-corrected chi connectivity index (χ1v) is 8.89. The van der Waals surface area contributed by atoms with E-state index in [2.05, 4.69) is 16.0 Å². The third-order valence-electron chi connectivity index (χ3n) is 4.84. The Morgan fingerprint density at radius 3 is 2.39 bits per heavy atom. The highest BCUT2D eigenvalue weighted by molar-refractivity contribution is 6.03. The second kappa shape index (κ2) is 6.88. The van der Waals surface area contributed by atoms with Crippen molar-refractivity contribution in [1.82, 2.24) is 9.97 Å². The van der Waals surface area contributed by atoms with E-state index in [0.29, 0.717) is 28.2 Å². The Balaban J connectivity index is 2.03. The van der Waals surface area contributed by atoms with Gasteiger partial charge in [0.25, 0.3) is 5.56 Å². The van der Waals surface area contributed by atoms with Crippen molar-refractivity contribution in [3.63, 3.8) is 0 Å². The van der Waals surface area contributed by atoms with E-state index in [0.717, 1.165) is 22.0 Å². The Kier molecular flexibility index (Phi) is 4.39. The summed E-state index contributed by atoms with van der Waals surface area (Å²) in [6.45, 7) is 0. The van der Waals surface area contributed by atoms with E-state index in [-0.39, 0.29) is 5.56 Å². The van der Waals surface area contributed by atoms with Crippen LogP contribution in [0.2, 0.25) is 0 Å². The van der Waals surface area contributed by atoms with Gasteiger partial charge in [-0.1, -0.05) is 24.3 Å². The van der Waals surface area contributed by atoms with Crippen LogP contribution in [0.1, 0.15) is 0 Å². The molecule has 0 unspecified atom stereocenters. The van der Waals surface area contributed by atoms with Gasteiger partial charge in [0, 0.05) is 42.9 Å². The van der Waals surface area contributed by atoms with Gasteiger partial charge < -0.3 is 19.4 Å². The normalized spacial score (nSPS) is 11.0. The highest BCUT2D eigenvalue weighted by Gasteiger charge is 2.15. The van der Waals surface area contributed by atoms with Crippen LogP contribution in [0.25, 0.3) is 33.1 Å². The summed E-state index contributed by atoms with van der Waals surface area (Å²) in [5.41, 5.74) is 2.24. The van der Waals surface area contributed by atoms with Gasteiger partial charge in [0.2, 0.25) is 0 Å². The summed E-state index contributed by atoms with van der Waals surface area (Å²) in [6.07, 6.45) is 0. The molecule has 4 aromatic rings. The van der Waals surface area contributed by atoms with Crippen LogP contribution in [0.3, 0.4) is 0 Å². The van der Waals surface area contributed by atoms with E-state index in [1.807, 2.05) is 44.4 Å². The monoisotopic (exact) mass is 375 g/mol. The number of aromatic amines is 1. The van der Waals surface area contributed by atoms with Crippen molar-refractivity contribution in [2.45, 2.75) is 0 Å². The van der Waals surface area contributed by atoms with E-state index in [1.54, 1.807) is 19.2 Å². The molecule has 0 fully saturated rings. The molecule has 0 radical (unpaired) electrons. The molecule has 1 N–H and O–H groups in total. The molecule has 3 aromatic carbocycles. The van der Waals surface area contributed by atoms with Crippen LogP contribution in [0.15, 0.2) is 53.3 Å². The lowest BCUT2D eigenvalue weighted by Crippen LogP contribution is -2.12. The van der Waals surface area contributed by atoms with Crippen LogP contribution in [0.4, 0.5) is 5.69 Å². The van der Waals surface area contributed by atoms with E-state index in [9.17, 15) is 4.79 Å². The Bertz CT molecular complexity index is 1250. The lowest BCUT2D eigenvalue weighted by atomic mass is 10.0. The topological polar surface area (TPSA) is 67.5 Å². The average molecular weight is 375 g/mol. The standard InChI is InChI=1S/C22H21N3O3/c1-25(2)18-10-9-16(14-7-5-6-8-15(14)18)21-23-17-11-13(27-3)12-19(28-4)20(17)22(26)24-21/h5-12H,1-4H3,(H,23,24,26). The third kappa shape index (κ3) is 2.83. The third-order valence-corrected chi connectivity index (χ3v) is 4.84. The minimum atomic E-state index is -0.250. The molecule has 0 bridgehead atoms. The molecular weight excluding hydrogens is 354 g/mol. The molecule has 6 nitrogen and oxygen atoms in total. The van der Waals surface area contributed by atoms with Crippen LogP contribution >= 0.6 is 0 Å². The first-order chi connectivity index (χ1) is 13.5. The number of nitrogens with one attached hydrogen (secondary N) is 1. The molecule has 0 saturated carbocycles. The highest BCUT2D eigenvalue weighted by Crippen LogP contribution is 2.34. The highest BCUT2D eigenvalue weighted by atomic mass is 16.5. The van der Waals surface area contributed by atoms with Gasteiger partial charge in [-0.2, -0.15) is 0 Å². The van der Waals surface area contributed by atoms with E-state index in [1.165, 1.54) is 7.11 Å². The number of nitrogens with zero attached hydrogens (tertiary/aromatic N) is 2. The maximum atomic E-state index is 12.8. The molecule has 0 aliphatic heterocycles. The molecule has 142 valence electrons. The zero-order valence-corrected chi connectivity index (χ0v) is 16.2. The van der Waals surface area contributed by atoms with Gasteiger partial charge in [-0.25, -0.2) is 4.98 Å². The quantitative estimate of drug-likeness (QED) is 0.587. The second-order valence-electron chi connectivity index (χ2n) is 6.71. The fourth-order valence-corrected chi connectivity index (χ4v) is 3.50. The van der Waals surface area contributed by atoms with Crippen molar-refractivity contribution in [2.75, 3.05) is 33.2 Å². The number of methoxy groups -OCH3 is 2. The summed E-state index contributed by atoms with van der Waals surface area (Å²) in [5, 5.41) is 2.52. The van der Waals surface area contributed by atoms with Crippen LogP contribution < -0.4 is 19.9 Å². The van der Waals surface area contributed by atoms with E-state index >= 15 is 0 Å². The number of hydrogen-bond acceptors (Lipinski definition) is 5. The van der Waals surface area contributed by atoms with Gasteiger partial charge >= 0.3 is 0 Å². The zero-order chi connectivity index (χ0) is 19.8. The van der Waals surface area contributed by atoms with Crippen LogP contribution in [0, 0.1) is 0 Å². The number of hydrogen-bond donors (Lipinski definition) is 1. The molecule has 28 heavy (non-hydrogen) atoms. The molecule has 0 spiro atoms. The predicted molar refractivity (Wildman–Crippen MR) is 113 cm³/mol.